The molecular weight excluding hydrogens is 258 g/mol. The minimum absolute atomic E-state index is 0.633. The second-order valence-corrected chi connectivity index (χ2v) is 6.19. The maximum absolute atomic E-state index is 3.58. The Morgan fingerprint density at radius 2 is 2.21 bits per heavy atom. The molecule has 1 unspecified atom stereocenters. The quantitative estimate of drug-likeness (QED) is 0.856. The smallest absolute Gasteiger partial charge is 0.0701 e. The van der Waals surface area contributed by atoms with Crippen LogP contribution in [0.25, 0.3) is 0 Å². The van der Waals surface area contributed by atoms with Crippen molar-refractivity contribution in [3.63, 3.8) is 0 Å². The van der Waals surface area contributed by atoms with E-state index in [1.54, 1.807) is 11.3 Å². The van der Waals surface area contributed by atoms with E-state index in [0.29, 0.717) is 12.0 Å². The van der Waals surface area contributed by atoms with Gasteiger partial charge >= 0.3 is 0 Å². The van der Waals surface area contributed by atoms with E-state index in [4.69, 9.17) is 0 Å². The molecule has 1 N–H and O–H groups in total. The van der Waals surface area contributed by atoms with Gasteiger partial charge in [0.05, 0.1) is 3.79 Å². The summed E-state index contributed by atoms with van der Waals surface area (Å²) in [6.07, 6.45) is 1.20. The van der Waals surface area contributed by atoms with Crippen molar-refractivity contribution in [3.8, 4) is 0 Å². The molecule has 0 fully saturated rings. The van der Waals surface area contributed by atoms with Crippen LogP contribution in [0.15, 0.2) is 15.2 Å². The van der Waals surface area contributed by atoms with Crippen LogP contribution in [-0.2, 0) is 6.54 Å². The number of halogens is 1. The van der Waals surface area contributed by atoms with Crippen LogP contribution in [0.2, 0.25) is 0 Å². The molecule has 3 heteroatoms. The van der Waals surface area contributed by atoms with E-state index in [1.807, 2.05) is 0 Å². The van der Waals surface area contributed by atoms with Gasteiger partial charge in [0.25, 0.3) is 0 Å². The molecule has 1 heterocycles. The minimum Gasteiger partial charge on any atom is -0.310 e. The van der Waals surface area contributed by atoms with E-state index in [-0.39, 0.29) is 0 Å². The zero-order chi connectivity index (χ0) is 10.6. The molecule has 0 saturated carbocycles. The van der Waals surface area contributed by atoms with Crippen molar-refractivity contribution in [1.82, 2.24) is 5.32 Å². The van der Waals surface area contributed by atoms with Gasteiger partial charge in [-0.05, 0) is 45.3 Å². The molecule has 0 spiro atoms. The Morgan fingerprint density at radius 3 is 2.64 bits per heavy atom. The van der Waals surface area contributed by atoms with Gasteiger partial charge < -0.3 is 5.32 Å². The van der Waals surface area contributed by atoms with E-state index in [1.165, 1.54) is 15.8 Å². The zero-order valence-electron chi connectivity index (χ0n) is 9.01. The third-order valence-corrected chi connectivity index (χ3v) is 3.99. The fourth-order valence-electron chi connectivity index (χ4n) is 1.54. The Morgan fingerprint density at radius 1 is 1.50 bits per heavy atom. The lowest BCUT2D eigenvalue weighted by molar-refractivity contribution is 0.387. The highest BCUT2D eigenvalue weighted by atomic mass is 79.9. The average molecular weight is 276 g/mol. The van der Waals surface area contributed by atoms with Crippen LogP contribution in [0, 0.1) is 5.92 Å². The molecule has 1 aromatic heterocycles. The van der Waals surface area contributed by atoms with Crippen molar-refractivity contribution < 1.29 is 0 Å². The van der Waals surface area contributed by atoms with Crippen LogP contribution in [0.1, 0.15) is 32.8 Å². The molecule has 1 rings (SSSR count). The summed E-state index contributed by atoms with van der Waals surface area (Å²) in [5, 5.41) is 5.78. The van der Waals surface area contributed by atoms with Crippen LogP contribution >= 0.6 is 27.3 Å². The number of hydrogen-bond donors (Lipinski definition) is 1. The molecule has 0 aliphatic rings. The van der Waals surface area contributed by atoms with Crippen LogP contribution in [0.5, 0.6) is 0 Å². The van der Waals surface area contributed by atoms with Gasteiger partial charge in [0, 0.05) is 12.6 Å². The molecular formula is C11H18BrNS. The first-order valence-electron chi connectivity index (χ1n) is 5.09. The van der Waals surface area contributed by atoms with Gasteiger partial charge in [0.15, 0.2) is 0 Å². The Hall–Kier alpha value is 0.140. The lowest BCUT2D eigenvalue weighted by atomic mass is 10.0. The van der Waals surface area contributed by atoms with Gasteiger partial charge in [-0.2, -0.15) is 0 Å². The summed E-state index contributed by atoms with van der Waals surface area (Å²) < 4.78 is 1.21. The van der Waals surface area contributed by atoms with E-state index in [0.717, 1.165) is 6.54 Å². The van der Waals surface area contributed by atoms with Crippen molar-refractivity contribution in [2.45, 2.75) is 39.8 Å². The molecule has 0 radical (unpaired) electrons. The maximum atomic E-state index is 3.58. The third-order valence-electron chi connectivity index (χ3n) is 2.43. The SMILES string of the molecule is CCC(NCc1csc(Br)c1)C(C)C. The van der Waals surface area contributed by atoms with Crippen LogP contribution < -0.4 is 5.32 Å². The van der Waals surface area contributed by atoms with Crippen molar-refractivity contribution in [1.29, 1.82) is 0 Å². The molecule has 1 aromatic rings. The van der Waals surface area contributed by atoms with Crippen molar-refractivity contribution >= 4 is 27.3 Å². The largest absolute Gasteiger partial charge is 0.310 e. The fraction of sp³-hybridized carbons (Fsp3) is 0.636. The number of rotatable bonds is 5. The first-order valence-corrected chi connectivity index (χ1v) is 6.77. The number of hydrogen-bond acceptors (Lipinski definition) is 2. The predicted molar refractivity (Wildman–Crippen MR) is 67.8 cm³/mol. The standard InChI is InChI=1S/C11H18BrNS/c1-4-10(8(2)3)13-6-9-5-11(12)14-7-9/h5,7-8,10,13H,4,6H2,1-3H3. The normalized spacial score (nSPS) is 13.5. The summed E-state index contributed by atoms with van der Waals surface area (Å²) in [7, 11) is 0. The zero-order valence-corrected chi connectivity index (χ0v) is 11.4. The molecule has 0 aliphatic heterocycles. The molecule has 80 valence electrons. The van der Waals surface area contributed by atoms with Crippen molar-refractivity contribution in [2.75, 3.05) is 0 Å². The molecule has 14 heavy (non-hydrogen) atoms. The van der Waals surface area contributed by atoms with Gasteiger partial charge in [0.1, 0.15) is 0 Å². The fourth-order valence-corrected chi connectivity index (χ4v) is 2.75. The molecule has 1 atom stereocenters. The Labute approximate surface area is 99.0 Å². The molecule has 1 nitrogen and oxygen atoms in total. The van der Waals surface area contributed by atoms with Gasteiger partial charge in [-0.3, -0.25) is 0 Å². The Bertz CT molecular complexity index is 270. The van der Waals surface area contributed by atoms with Crippen LogP contribution in [0.4, 0.5) is 0 Å². The summed E-state index contributed by atoms with van der Waals surface area (Å²) in [6, 6.07) is 2.82. The third kappa shape index (κ3) is 3.71. The second kappa shape index (κ2) is 5.89. The van der Waals surface area contributed by atoms with E-state index in [9.17, 15) is 0 Å². The molecule has 0 saturated heterocycles. The topological polar surface area (TPSA) is 12.0 Å². The van der Waals surface area contributed by atoms with Crippen molar-refractivity contribution in [2.24, 2.45) is 5.92 Å². The minimum atomic E-state index is 0.633. The van der Waals surface area contributed by atoms with Gasteiger partial charge in [0.2, 0.25) is 0 Å². The van der Waals surface area contributed by atoms with E-state index in [2.05, 4.69) is 53.5 Å². The summed E-state index contributed by atoms with van der Waals surface area (Å²) in [5.74, 6) is 0.710. The summed E-state index contributed by atoms with van der Waals surface area (Å²) in [6.45, 7) is 7.76. The Balaban J connectivity index is 2.39. The van der Waals surface area contributed by atoms with E-state index >= 15 is 0 Å². The molecule has 0 bridgehead atoms. The highest BCUT2D eigenvalue weighted by Crippen LogP contribution is 2.20. The lowest BCUT2D eigenvalue weighted by Gasteiger charge is -2.20. The van der Waals surface area contributed by atoms with E-state index < -0.39 is 0 Å². The van der Waals surface area contributed by atoms with Gasteiger partial charge in [-0.25, -0.2) is 0 Å². The monoisotopic (exact) mass is 275 g/mol. The summed E-state index contributed by atoms with van der Waals surface area (Å²) in [5.41, 5.74) is 1.38. The number of thiophene rings is 1. The first kappa shape index (κ1) is 12.2. The van der Waals surface area contributed by atoms with Gasteiger partial charge in [-0.1, -0.05) is 20.8 Å². The second-order valence-electron chi connectivity index (χ2n) is 3.90. The average Bonchev–Trinajstić information content (AvgIpc) is 2.52. The van der Waals surface area contributed by atoms with Gasteiger partial charge in [-0.15, -0.1) is 11.3 Å². The van der Waals surface area contributed by atoms with Crippen molar-refractivity contribution in [3.05, 3.63) is 20.8 Å². The molecule has 0 aromatic carbocycles. The Kier molecular flexibility index (Phi) is 5.13. The molecule has 0 amide bonds. The van der Waals surface area contributed by atoms with Crippen LogP contribution in [-0.4, -0.2) is 6.04 Å². The molecule has 0 aliphatic carbocycles. The highest BCUT2D eigenvalue weighted by Gasteiger charge is 2.09. The maximum Gasteiger partial charge on any atom is 0.0701 e. The summed E-state index contributed by atoms with van der Waals surface area (Å²) in [4.78, 5) is 0. The predicted octanol–water partition coefficient (Wildman–Crippen LogP) is 4.03. The summed E-state index contributed by atoms with van der Waals surface area (Å²) >= 11 is 5.22. The van der Waals surface area contributed by atoms with Crippen LogP contribution in [0.3, 0.4) is 0 Å². The first-order chi connectivity index (χ1) is 6.63. The number of nitrogens with one attached hydrogen (secondary N) is 1. The lowest BCUT2D eigenvalue weighted by Crippen LogP contribution is -2.32. The highest BCUT2D eigenvalue weighted by molar-refractivity contribution is 9.11.